The predicted molar refractivity (Wildman–Crippen MR) is 91.8 cm³/mol. The molecule has 3 heterocycles. The number of aromatic nitrogens is 2. The summed E-state index contributed by atoms with van der Waals surface area (Å²) in [4.78, 5) is 27.0. The number of hydrogen-bond donors (Lipinski definition) is 3. The van der Waals surface area contributed by atoms with E-state index in [1.807, 2.05) is 25.1 Å². The number of likely N-dealkylation sites (tertiary alicyclic amines) is 1. The van der Waals surface area contributed by atoms with Crippen molar-refractivity contribution in [3.8, 4) is 0 Å². The number of nitrogens with one attached hydrogen (secondary N) is 2. The summed E-state index contributed by atoms with van der Waals surface area (Å²) in [5, 5.41) is 16.9. The van der Waals surface area contributed by atoms with E-state index in [4.69, 9.17) is 14.4 Å². The van der Waals surface area contributed by atoms with Gasteiger partial charge in [0.1, 0.15) is 5.82 Å². The second kappa shape index (κ2) is 9.06. The molecule has 0 spiro atoms. The molecule has 2 amide bonds. The second-order valence-corrected chi connectivity index (χ2v) is 5.86. The van der Waals surface area contributed by atoms with Crippen LogP contribution in [0.4, 0.5) is 29.7 Å². The molecule has 9 nitrogen and oxygen atoms in total. The number of nitrogens with zero attached hydrogens (tertiary/aromatic N) is 3. The molecule has 3 rings (SSSR count). The number of alkyl halides is 3. The highest BCUT2D eigenvalue weighted by Crippen LogP contribution is 2.16. The van der Waals surface area contributed by atoms with Gasteiger partial charge in [0, 0.05) is 31.4 Å². The van der Waals surface area contributed by atoms with Gasteiger partial charge in [0.15, 0.2) is 0 Å². The summed E-state index contributed by atoms with van der Waals surface area (Å²) in [7, 11) is 0. The third-order valence-corrected chi connectivity index (χ3v) is 3.59. The average Bonchev–Trinajstić information content (AvgIpc) is 3.25. The van der Waals surface area contributed by atoms with Crippen molar-refractivity contribution >= 4 is 23.7 Å². The van der Waals surface area contributed by atoms with Crippen molar-refractivity contribution in [1.29, 1.82) is 0 Å². The van der Waals surface area contributed by atoms with Gasteiger partial charge in [-0.1, -0.05) is 11.2 Å². The van der Waals surface area contributed by atoms with Crippen LogP contribution < -0.4 is 10.6 Å². The lowest BCUT2D eigenvalue weighted by atomic mass is 10.2. The minimum atomic E-state index is -5.08. The quantitative estimate of drug-likeness (QED) is 0.723. The molecule has 0 radical (unpaired) electrons. The maximum absolute atomic E-state index is 12.1. The van der Waals surface area contributed by atoms with Crippen molar-refractivity contribution in [1.82, 2.24) is 15.0 Å². The number of aryl methyl sites for hydroxylation is 1. The number of carbonyl (C=O) groups excluding carboxylic acids is 1. The van der Waals surface area contributed by atoms with E-state index in [0.717, 1.165) is 17.9 Å². The molecular weight excluding hydrogens is 383 g/mol. The van der Waals surface area contributed by atoms with Gasteiger partial charge in [-0.2, -0.15) is 13.2 Å². The zero-order chi connectivity index (χ0) is 20.7. The second-order valence-electron chi connectivity index (χ2n) is 5.86. The van der Waals surface area contributed by atoms with Crippen LogP contribution in [0.15, 0.2) is 35.0 Å². The first-order chi connectivity index (χ1) is 13.1. The molecule has 12 heteroatoms. The molecule has 1 unspecified atom stereocenters. The minimum Gasteiger partial charge on any atom is -0.475 e. The highest BCUT2D eigenvalue weighted by Gasteiger charge is 2.38. The number of anilines is 2. The number of carboxylic acid groups (broad SMARTS) is 1. The van der Waals surface area contributed by atoms with Crippen LogP contribution in [0.2, 0.25) is 0 Å². The average molecular weight is 401 g/mol. The molecule has 2 aromatic rings. The van der Waals surface area contributed by atoms with Crippen molar-refractivity contribution in [3.63, 3.8) is 0 Å². The van der Waals surface area contributed by atoms with E-state index in [-0.39, 0.29) is 12.1 Å². The molecule has 1 atom stereocenters. The molecule has 1 fully saturated rings. The predicted octanol–water partition coefficient (Wildman–Crippen LogP) is 2.73. The van der Waals surface area contributed by atoms with E-state index in [1.54, 1.807) is 17.2 Å². The summed E-state index contributed by atoms with van der Waals surface area (Å²) in [5.41, 5.74) is 0.737. The third-order valence-electron chi connectivity index (χ3n) is 3.59. The third kappa shape index (κ3) is 6.45. The number of halogens is 3. The number of pyridine rings is 1. The van der Waals surface area contributed by atoms with Gasteiger partial charge in [0.05, 0.1) is 5.69 Å². The molecule has 1 saturated heterocycles. The summed E-state index contributed by atoms with van der Waals surface area (Å²) < 4.78 is 36.7. The van der Waals surface area contributed by atoms with Crippen molar-refractivity contribution in [2.75, 3.05) is 23.7 Å². The number of carbonyl (C=O) groups is 2. The van der Waals surface area contributed by atoms with E-state index in [9.17, 15) is 18.0 Å². The van der Waals surface area contributed by atoms with Crippen LogP contribution in [-0.2, 0) is 4.79 Å². The molecule has 0 aromatic carbocycles. The summed E-state index contributed by atoms with van der Waals surface area (Å²) in [6, 6.07) is 7.45. The summed E-state index contributed by atoms with van der Waals surface area (Å²) in [6.45, 7) is 3.14. The zero-order valence-electron chi connectivity index (χ0n) is 14.7. The lowest BCUT2D eigenvalue weighted by Crippen LogP contribution is -2.34. The van der Waals surface area contributed by atoms with Crippen LogP contribution in [0.1, 0.15) is 12.1 Å². The number of urea groups is 1. The Morgan fingerprint density at radius 3 is 2.61 bits per heavy atom. The largest absolute Gasteiger partial charge is 0.490 e. The maximum Gasteiger partial charge on any atom is 0.490 e. The van der Waals surface area contributed by atoms with Gasteiger partial charge in [-0.3, -0.25) is 5.32 Å². The van der Waals surface area contributed by atoms with Crippen molar-refractivity contribution in [2.24, 2.45) is 0 Å². The van der Waals surface area contributed by atoms with Crippen molar-refractivity contribution in [3.05, 3.63) is 36.2 Å². The molecule has 0 bridgehead atoms. The van der Waals surface area contributed by atoms with E-state index >= 15 is 0 Å². The Balaban J connectivity index is 0.000000345. The van der Waals surface area contributed by atoms with Gasteiger partial charge in [-0.15, -0.1) is 0 Å². The Labute approximate surface area is 157 Å². The fraction of sp³-hybridized carbons (Fsp3) is 0.375. The Morgan fingerprint density at radius 1 is 1.36 bits per heavy atom. The van der Waals surface area contributed by atoms with Crippen molar-refractivity contribution < 1.29 is 32.4 Å². The monoisotopic (exact) mass is 401 g/mol. The van der Waals surface area contributed by atoms with E-state index < -0.39 is 12.1 Å². The molecule has 1 aliphatic rings. The lowest BCUT2D eigenvalue weighted by molar-refractivity contribution is -0.192. The minimum absolute atomic E-state index is 0.170. The van der Waals surface area contributed by atoms with Crippen LogP contribution in [0.3, 0.4) is 0 Å². The number of carboxylic acids is 1. The fourth-order valence-corrected chi connectivity index (χ4v) is 2.33. The zero-order valence-corrected chi connectivity index (χ0v) is 14.7. The summed E-state index contributed by atoms with van der Waals surface area (Å²) in [5.74, 6) is -1.55. The molecule has 1 aliphatic heterocycles. The molecular formula is C16H18F3N5O4. The Hall–Kier alpha value is -3.31. The Kier molecular flexibility index (Phi) is 6.79. The molecule has 0 aliphatic carbocycles. The molecule has 3 N–H and O–H groups in total. The molecule has 2 aromatic heterocycles. The van der Waals surface area contributed by atoms with Gasteiger partial charge in [-0.05, 0) is 25.5 Å². The van der Waals surface area contributed by atoms with Gasteiger partial charge >= 0.3 is 18.2 Å². The van der Waals surface area contributed by atoms with E-state index in [2.05, 4.69) is 20.8 Å². The van der Waals surface area contributed by atoms with E-state index in [1.165, 1.54) is 0 Å². The smallest absolute Gasteiger partial charge is 0.475 e. The molecule has 152 valence electrons. The maximum atomic E-state index is 12.1. The van der Waals surface area contributed by atoms with Gasteiger partial charge in [-0.25, -0.2) is 14.6 Å². The van der Waals surface area contributed by atoms with Crippen LogP contribution in [0.25, 0.3) is 0 Å². The van der Waals surface area contributed by atoms with Crippen LogP contribution in [0.5, 0.6) is 0 Å². The number of rotatable bonds is 3. The molecule has 28 heavy (non-hydrogen) atoms. The Bertz CT molecular complexity index is 797. The first kappa shape index (κ1) is 21.0. The topological polar surface area (TPSA) is 121 Å². The number of amides is 2. The fourth-order valence-electron chi connectivity index (χ4n) is 2.33. The first-order valence-corrected chi connectivity index (χ1v) is 8.12. The lowest BCUT2D eigenvalue weighted by Gasteiger charge is -2.17. The highest BCUT2D eigenvalue weighted by atomic mass is 19.4. The van der Waals surface area contributed by atoms with Crippen molar-refractivity contribution in [2.45, 2.75) is 25.6 Å². The van der Waals surface area contributed by atoms with E-state index in [0.29, 0.717) is 19.0 Å². The Morgan fingerprint density at radius 2 is 2.07 bits per heavy atom. The highest BCUT2D eigenvalue weighted by molar-refractivity contribution is 5.88. The number of hydrogen-bond acceptors (Lipinski definition) is 6. The summed E-state index contributed by atoms with van der Waals surface area (Å²) in [6.07, 6.45) is -2.45. The standard InChI is InChI=1S/C14H17N5O2.C2HF3O2/c1-10-8-13(21-18-10)17-14(20)19-7-5-11(9-19)16-12-4-2-3-6-15-12;3-2(4,5)1(6)7/h2-4,6,8,11H,5,7,9H2,1H3,(H,15,16)(H,17,20);(H,6,7). The summed E-state index contributed by atoms with van der Waals surface area (Å²) >= 11 is 0. The van der Waals surface area contributed by atoms with Crippen LogP contribution in [-0.4, -0.2) is 57.5 Å². The normalized spacial score (nSPS) is 16.1. The number of aliphatic carboxylic acids is 1. The van der Waals surface area contributed by atoms with Gasteiger partial charge < -0.3 is 19.8 Å². The van der Waals surface area contributed by atoms with Crippen LogP contribution >= 0.6 is 0 Å². The van der Waals surface area contributed by atoms with Gasteiger partial charge in [0.25, 0.3) is 0 Å². The molecule has 0 saturated carbocycles. The first-order valence-electron chi connectivity index (χ1n) is 8.12. The SMILES string of the molecule is Cc1cc(NC(=O)N2CCC(Nc3ccccn3)C2)on1.O=C(O)C(F)(F)F. The van der Waals surface area contributed by atoms with Gasteiger partial charge in [0.2, 0.25) is 5.88 Å². The van der Waals surface area contributed by atoms with Crippen LogP contribution in [0, 0.1) is 6.92 Å².